The van der Waals surface area contributed by atoms with Crippen LogP contribution in [0.4, 0.5) is 0 Å². The molecule has 0 rings (SSSR count). The van der Waals surface area contributed by atoms with Crippen molar-refractivity contribution in [2.75, 3.05) is 13.7 Å². The van der Waals surface area contributed by atoms with Crippen molar-refractivity contribution in [2.24, 2.45) is 0 Å². The van der Waals surface area contributed by atoms with Gasteiger partial charge < -0.3 is 0 Å². The third-order valence-corrected chi connectivity index (χ3v) is 0.560. The Bertz CT molecular complexity index is 52.0. The Morgan fingerprint density at radius 1 is 1.71 bits per heavy atom. The molecular formula is C5H11NO. The third-order valence-electron chi connectivity index (χ3n) is 0.560. The first-order chi connectivity index (χ1) is 3.41. The second kappa shape index (κ2) is 5.66. The van der Waals surface area contributed by atoms with E-state index < -0.39 is 0 Å². The van der Waals surface area contributed by atoms with Gasteiger partial charge in [-0.2, -0.15) is 0 Å². The minimum absolute atomic E-state index is 0.646. The maximum Gasteiger partial charge on any atom is 0.0863 e. The SMILES string of the molecule is C/C=C\CONC. The van der Waals surface area contributed by atoms with Crippen molar-refractivity contribution < 1.29 is 4.84 Å². The second-order valence-electron chi connectivity index (χ2n) is 1.08. The molecule has 0 amide bonds. The fraction of sp³-hybridized carbons (Fsp3) is 0.600. The summed E-state index contributed by atoms with van der Waals surface area (Å²) >= 11 is 0. The Hall–Kier alpha value is -0.340. The van der Waals surface area contributed by atoms with Crippen molar-refractivity contribution in [2.45, 2.75) is 6.92 Å². The van der Waals surface area contributed by atoms with E-state index in [1.807, 2.05) is 19.1 Å². The van der Waals surface area contributed by atoms with E-state index in [9.17, 15) is 0 Å². The molecule has 0 aromatic heterocycles. The standard InChI is InChI=1S/C5H11NO/c1-3-4-5-7-6-2/h3-4,6H,5H2,1-2H3/b4-3-. The van der Waals surface area contributed by atoms with Crippen molar-refractivity contribution in [3.05, 3.63) is 12.2 Å². The van der Waals surface area contributed by atoms with Crippen LogP contribution in [0, 0.1) is 0 Å². The largest absolute Gasteiger partial charge is 0.298 e. The molecule has 0 aromatic rings. The van der Waals surface area contributed by atoms with Crippen LogP contribution in [0.25, 0.3) is 0 Å². The molecule has 0 radical (unpaired) electrons. The first-order valence-electron chi connectivity index (χ1n) is 2.31. The zero-order valence-electron chi connectivity index (χ0n) is 4.77. The number of rotatable bonds is 3. The van der Waals surface area contributed by atoms with Crippen LogP contribution in [-0.4, -0.2) is 13.7 Å². The summed E-state index contributed by atoms with van der Waals surface area (Å²) in [5.74, 6) is 0. The zero-order chi connectivity index (χ0) is 5.54. The molecule has 0 bridgehead atoms. The number of allylic oxidation sites excluding steroid dienone is 1. The highest BCUT2D eigenvalue weighted by molar-refractivity contribution is 4.75. The molecular weight excluding hydrogens is 90.1 g/mol. The van der Waals surface area contributed by atoms with Crippen molar-refractivity contribution in [1.82, 2.24) is 5.48 Å². The first kappa shape index (κ1) is 6.66. The average molecular weight is 101 g/mol. The maximum atomic E-state index is 4.74. The summed E-state index contributed by atoms with van der Waals surface area (Å²) in [4.78, 5) is 4.74. The first-order valence-corrected chi connectivity index (χ1v) is 2.31. The van der Waals surface area contributed by atoms with Gasteiger partial charge in [0.25, 0.3) is 0 Å². The zero-order valence-corrected chi connectivity index (χ0v) is 4.77. The van der Waals surface area contributed by atoms with Crippen molar-refractivity contribution in [3.63, 3.8) is 0 Å². The Labute approximate surface area is 44.1 Å². The van der Waals surface area contributed by atoms with Crippen LogP contribution in [0.3, 0.4) is 0 Å². The van der Waals surface area contributed by atoms with E-state index in [2.05, 4.69) is 5.48 Å². The van der Waals surface area contributed by atoms with Crippen molar-refractivity contribution >= 4 is 0 Å². The molecule has 0 saturated heterocycles. The third kappa shape index (κ3) is 5.66. The van der Waals surface area contributed by atoms with Gasteiger partial charge in [-0.05, 0) is 6.92 Å². The number of nitrogens with one attached hydrogen (secondary N) is 1. The van der Waals surface area contributed by atoms with Crippen molar-refractivity contribution in [1.29, 1.82) is 0 Å². The summed E-state index contributed by atoms with van der Waals surface area (Å²) in [6.45, 7) is 2.60. The summed E-state index contributed by atoms with van der Waals surface area (Å²) in [5.41, 5.74) is 2.55. The topological polar surface area (TPSA) is 21.3 Å². The summed E-state index contributed by atoms with van der Waals surface area (Å²) in [6, 6.07) is 0. The molecule has 0 unspecified atom stereocenters. The van der Waals surface area contributed by atoms with Crippen LogP contribution in [0.15, 0.2) is 12.2 Å². The lowest BCUT2D eigenvalue weighted by Crippen LogP contribution is -2.06. The molecule has 0 aromatic carbocycles. The molecule has 42 valence electrons. The van der Waals surface area contributed by atoms with Crippen LogP contribution in [0.2, 0.25) is 0 Å². The van der Waals surface area contributed by atoms with E-state index in [1.165, 1.54) is 0 Å². The van der Waals surface area contributed by atoms with Crippen LogP contribution in [0.5, 0.6) is 0 Å². The Morgan fingerprint density at radius 2 is 2.43 bits per heavy atom. The number of hydrogen-bond acceptors (Lipinski definition) is 2. The van der Waals surface area contributed by atoms with Crippen LogP contribution in [0.1, 0.15) is 6.92 Å². The predicted molar refractivity (Wildman–Crippen MR) is 29.8 cm³/mol. The minimum Gasteiger partial charge on any atom is -0.298 e. The number of hydrogen-bond donors (Lipinski definition) is 1. The van der Waals surface area contributed by atoms with Gasteiger partial charge in [0.2, 0.25) is 0 Å². The average Bonchev–Trinajstić information content (AvgIpc) is 1.69. The smallest absolute Gasteiger partial charge is 0.0863 e. The lowest BCUT2D eigenvalue weighted by Gasteiger charge is -1.91. The van der Waals surface area contributed by atoms with Crippen LogP contribution in [-0.2, 0) is 4.84 Å². The van der Waals surface area contributed by atoms with Gasteiger partial charge in [0.1, 0.15) is 0 Å². The van der Waals surface area contributed by atoms with E-state index >= 15 is 0 Å². The summed E-state index contributed by atoms with van der Waals surface area (Å²) < 4.78 is 0. The monoisotopic (exact) mass is 101 g/mol. The van der Waals surface area contributed by atoms with Gasteiger partial charge in [0, 0.05) is 7.05 Å². The highest BCUT2D eigenvalue weighted by Gasteiger charge is 1.68. The minimum atomic E-state index is 0.646. The molecule has 0 aliphatic rings. The molecule has 0 aliphatic heterocycles. The fourth-order valence-corrected chi connectivity index (χ4v) is 0.228. The van der Waals surface area contributed by atoms with Gasteiger partial charge in [-0.15, -0.1) is 0 Å². The molecule has 0 saturated carbocycles. The molecule has 0 heterocycles. The van der Waals surface area contributed by atoms with E-state index in [4.69, 9.17) is 4.84 Å². The van der Waals surface area contributed by atoms with E-state index in [0.29, 0.717) is 6.61 Å². The van der Waals surface area contributed by atoms with E-state index in [-0.39, 0.29) is 0 Å². The highest BCUT2D eigenvalue weighted by atomic mass is 16.6. The van der Waals surface area contributed by atoms with Crippen molar-refractivity contribution in [3.8, 4) is 0 Å². The second-order valence-corrected chi connectivity index (χ2v) is 1.08. The molecule has 0 aliphatic carbocycles. The molecule has 2 nitrogen and oxygen atoms in total. The summed E-state index contributed by atoms with van der Waals surface area (Å²) in [6.07, 6.45) is 3.87. The summed E-state index contributed by atoms with van der Waals surface area (Å²) in [7, 11) is 1.74. The van der Waals surface area contributed by atoms with Gasteiger partial charge >= 0.3 is 0 Å². The molecule has 1 N–H and O–H groups in total. The maximum absolute atomic E-state index is 4.74. The highest BCUT2D eigenvalue weighted by Crippen LogP contribution is 1.68. The Morgan fingerprint density at radius 3 is 2.86 bits per heavy atom. The lowest BCUT2D eigenvalue weighted by atomic mass is 10.6. The number of hydroxylamine groups is 1. The summed E-state index contributed by atoms with van der Waals surface area (Å²) in [5, 5.41) is 0. The lowest BCUT2D eigenvalue weighted by molar-refractivity contribution is 0.0810. The van der Waals surface area contributed by atoms with Gasteiger partial charge in [0.05, 0.1) is 6.61 Å². The Balaban J connectivity index is 2.69. The van der Waals surface area contributed by atoms with Gasteiger partial charge in [-0.3, -0.25) is 4.84 Å². The van der Waals surface area contributed by atoms with Crippen LogP contribution < -0.4 is 5.48 Å². The van der Waals surface area contributed by atoms with Gasteiger partial charge in [-0.25, -0.2) is 5.48 Å². The van der Waals surface area contributed by atoms with Crippen LogP contribution >= 0.6 is 0 Å². The normalized spacial score (nSPS) is 10.6. The van der Waals surface area contributed by atoms with E-state index in [0.717, 1.165) is 0 Å². The molecule has 0 fully saturated rings. The predicted octanol–water partition coefficient (Wildman–Crippen LogP) is 0.714. The Kier molecular flexibility index (Phi) is 5.39. The van der Waals surface area contributed by atoms with E-state index in [1.54, 1.807) is 7.05 Å². The van der Waals surface area contributed by atoms with Gasteiger partial charge in [0.15, 0.2) is 0 Å². The molecule has 2 heteroatoms. The molecule has 7 heavy (non-hydrogen) atoms. The molecule has 0 atom stereocenters. The fourth-order valence-electron chi connectivity index (χ4n) is 0.228. The quantitative estimate of drug-likeness (QED) is 0.321. The molecule has 0 spiro atoms. The van der Waals surface area contributed by atoms with Gasteiger partial charge in [-0.1, -0.05) is 12.2 Å².